The van der Waals surface area contributed by atoms with Crippen molar-refractivity contribution in [3.8, 4) is 0 Å². The van der Waals surface area contributed by atoms with Crippen molar-refractivity contribution in [2.75, 3.05) is 25.4 Å². The van der Waals surface area contributed by atoms with Gasteiger partial charge in [0.1, 0.15) is 5.03 Å². The largest absolute Gasteiger partial charge is 0.392 e. The highest BCUT2D eigenvalue weighted by molar-refractivity contribution is 7.99. The molecule has 2 aromatic rings. The zero-order chi connectivity index (χ0) is 14.4. The number of thioether (sulfide) groups is 1. The Morgan fingerprint density at radius 2 is 1.95 bits per heavy atom. The van der Waals surface area contributed by atoms with E-state index in [1.807, 2.05) is 30.3 Å². The Morgan fingerprint density at radius 1 is 1.20 bits per heavy atom. The third kappa shape index (κ3) is 3.72. The van der Waals surface area contributed by atoms with Gasteiger partial charge in [0.25, 0.3) is 0 Å². The van der Waals surface area contributed by atoms with Crippen molar-refractivity contribution in [3.63, 3.8) is 0 Å². The Morgan fingerprint density at radius 3 is 2.65 bits per heavy atom. The standard InChI is InChI=1S/C16H22N2OS/c1-3-18(4-2)9-10-20-16-14(12-19)11-13-7-5-6-8-15(13)17-16/h5-8,11,19H,3-4,9-10,12H2,1-2H3. The van der Waals surface area contributed by atoms with Gasteiger partial charge in [-0.2, -0.15) is 0 Å². The van der Waals surface area contributed by atoms with Crippen LogP contribution in [-0.4, -0.2) is 40.4 Å². The molecule has 0 amide bonds. The van der Waals surface area contributed by atoms with Crippen LogP contribution in [-0.2, 0) is 6.61 Å². The summed E-state index contributed by atoms with van der Waals surface area (Å²) in [5.41, 5.74) is 1.92. The van der Waals surface area contributed by atoms with E-state index in [1.165, 1.54) is 0 Å². The van der Waals surface area contributed by atoms with Crippen molar-refractivity contribution in [3.05, 3.63) is 35.9 Å². The van der Waals surface area contributed by atoms with Crippen LogP contribution in [0.4, 0.5) is 0 Å². The first-order chi connectivity index (χ1) is 9.78. The number of aliphatic hydroxyl groups excluding tert-OH is 1. The maximum absolute atomic E-state index is 9.52. The van der Waals surface area contributed by atoms with E-state index >= 15 is 0 Å². The normalized spacial score (nSPS) is 11.4. The van der Waals surface area contributed by atoms with E-state index < -0.39 is 0 Å². The van der Waals surface area contributed by atoms with Crippen LogP contribution in [0, 0.1) is 0 Å². The topological polar surface area (TPSA) is 36.4 Å². The lowest BCUT2D eigenvalue weighted by Crippen LogP contribution is -2.25. The van der Waals surface area contributed by atoms with Gasteiger partial charge in [0.2, 0.25) is 0 Å². The molecule has 0 spiro atoms. The maximum Gasteiger partial charge on any atom is 0.102 e. The SMILES string of the molecule is CCN(CC)CCSc1nc2ccccc2cc1CO. The van der Waals surface area contributed by atoms with E-state index in [2.05, 4.69) is 23.7 Å². The van der Waals surface area contributed by atoms with Crippen LogP contribution in [0.15, 0.2) is 35.4 Å². The molecule has 0 atom stereocenters. The van der Waals surface area contributed by atoms with Crippen LogP contribution in [0.2, 0.25) is 0 Å². The van der Waals surface area contributed by atoms with Gasteiger partial charge in [-0.3, -0.25) is 0 Å². The number of hydrogen-bond donors (Lipinski definition) is 1. The van der Waals surface area contributed by atoms with Gasteiger partial charge >= 0.3 is 0 Å². The molecule has 0 saturated carbocycles. The Labute approximate surface area is 125 Å². The Balaban J connectivity index is 2.12. The average Bonchev–Trinajstić information content (AvgIpc) is 2.50. The van der Waals surface area contributed by atoms with Crippen molar-refractivity contribution in [1.29, 1.82) is 0 Å². The highest BCUT2D eigenvalue weighted by Gasteiger charge is 2.07. The number of aromatic nitrogens is 1. The first-order valence-corrected chi connectivity index (χ1v) is 8.11. The van der Waals surface area contributed by atoms with Crippen molar-refractivity contribution in [2.24, 2.45) is 0 Å². The number of fused-ring (bicyclic) bond motifs is 1. The fourth-order valence-electron chi connectivity index (χ4n) is 2.19. The van der Waals surface area contributed by atoms with Gasteiger partial charge in [-0.15, -0.1) is 11.8 Å². The summed E-state index contributed by atoms with van der Waals surface area (Å²) in [6.07, 6.45) is 0. The second kappa shape index (κ2) is 7.62. The summed E-state index contributed by atoms with van der Waals surface area (Å²) in [5.74, 6) is 1.00. The Kier molecular flexibility index (Phi) is 5.83. The van der Waals surface area contributed by atoms with E-state index in [1.54, 1.807) is 11.8 Å². The molecule has 0 radical (unpaired) electrons. The second-order valence-corrected chi connectivity index (χ2v) is 5.76. The lowest BCUT2D eigenvalue weighted by atomic mass is 10.2. The molecule has 0 aliphatic carbocycles. The number of nitrogens with zero attached hydrogens (tertiary/aromatic N) is 2. The minimum Gasteiger partial charge on any atom is -0.392 e. The van der Waals surface area contributed by atoms with Crippen molar-refractivity contribution >= 4 is 22.7 Å². The van der Waals surface area contributed by atoms with E-state index in [0.29, 0.717) is 0 Å². The van der Waals surface area contributed by atoms with Gasteiger partial charge in [0, 0.05) is 23.2 Å². The number of hydrogen-bond acceptors (Lipinski definition) is 4. The fraction of sp³-hybridized carbons (Fsp3) is 0.438. The Hall–Kier alpha value is -1.10. The molecule has 0 saturated heterocycles. The third-order valence-corrected chi connectivity index (χ3v) is 4.49. The molecule has 0 fully saturated rings. The van der Waals surface area contributed by atoms with Gasteiger partial charge in [-0.25, -0.2) is 4.98 Å². The molecular weight excluding hydrogens is 268 g/mol. The zero-order valence-electron chi connectivity index (χ0n) is 12.2. The molecule has 4 heteroatoms. The monoisotopic (exact) mass is 290 g/mol. The van der Waals surface area contributed by atoms with E-state index in [4.69, 9.17) is 0 Å². The molecule has 3 nitrogen and oxygen atoms in total. The minimum absolute atomic E-state index is 0.0471. The van der Waals surface area contributed by atoms with Gasteiger partial charge < -0.3 is 10.0 Å². The summed E-state index contributed by atoms with van der Waals surface area (Å²) in [6.45, 7) is 7.62. The highest BCUT2D eigenvalue weighted by Crippen LogP contribution is 2.25. The van der Waals surface area contributed by atoms with Crippen LogP contribution < -0.4 is 0 Å². The number of rotatable bonds is 7. The number of benzene rings is 1. The molecule has 108 valence electrons. The first kappa shape index (κ1) is 15.3. The lowest BCUT2D eigenvalue weighted by molar-refractivity contribution is 0.278. The summed E-state index contributed by atoms with van der Waals surface area (Å²) in [7, 11) is 0. The average molecular weight is 290 g/mol. The predicted molar refractivity (Wildman–Crippen MR) is 86.2 cm³/mol. The van der Waals surface area contributed by atoms with Crippen LogP contribution >= 0.6 is 11.8 Å². The van der Waals surface area contributed by atoms with Crippen molar-refractivity contribution < 1.29 is 5.11 Å². The fourth-order valence-corrected chi connectivity index (χ4v) is 3.21. The van der Waals surface area contributed by atoms with Gasteiger partial charge in [0.05, 0.1) is 12.1 Å². The molecule has 1 aromatic heterocycles. The van der Waals surface area contributed by atoms with Gasteiger partial charge in [0.15, 0.2) is 0 Å². The molecule has 20 heavy (non-hydrogen) atoms. The number of para-hydroxylation sites is 1. The van der Waals surface area contributed by atoms with E-state index in [9.17, 15) is 5.11 Å². The first-order valence-electron chi connectivity index (χ1n) is 7.13. The lowest BCUT2D eigenvalue weighted by Gasteiger charge is -2.17. The molecule has 1 aromatic carbocycles. The molecule has 2 rings (SSSR count). The van der Waals surface area contributed by atoms with Crippen molar-refractivity contribution in [2.45, 2.75) is 25.5 Å². The minimum atomic E-state index is 0.0471. The summed E-state index contributed by atoms with van der Waals surface area (Å²) in [6, 6.07) is 10.1. The quantitative estimate of drug-likeness (QED) is 0.795. The summed E-state index contributed by atoms with van der Waals surface area (Å²) in [4.78, 5) is 7.07. The van der Waals surface area contributed by atoms with Crippen LogP contribution in [0.25, 0.3) is 10.9 Å². The molecule has 1 N–H and O–H groups in total. The molecule has 0 aliphatic heterocycles. The van der Waals surface area contributed by atoms with Gasteiger partial charge in [-0.05, 0) is 25.2 Å². The van der Waals surface area contributed by atoms with Crippen molar-refractivity contribution in [1.82, 2.24) is 9.88 Å². The second-order valence-electron chi connectivity index (χ2n) is 4.68. The Bertz CT molecular complexity index is 555. The van der Waals surface area contributed by atoms with Crippen LogP contribution in [0.1, 0.15) is 19.4 Å². The number of aliphatic hydroxyl groups is 1. The van der Waals surface area contributed by atoms with Crippen LogP contribution in [0.3, 0.4) is 0 Å². The zero-order valence-corrected chi connectivity index (χ0v) is 13.0. The summed E-state index contributed by atoms with van der Waals surface area (Å²) >= 11 is 1.73. The predicted octanol–water partition coefficient (Wildman–Crippen LogP) is 3.16. The maximum atomic E-state index is 9.52. The van der Waals surface area contributed by atoms with E-state index in [-0.39, 0.29) is 6.61 Å². The van der Waals surface area contributed by atoms with Crippen LogP contribution in [0.5, 0.6) is 0 Å². The molecule has 1 heterocycles. The summed E-state index contributed by atoms with van der Waals surface area (Å²) < 4.78 is 0. The smallest absolute Gasteiger partial charge is 0.102 e. The molecular formula is C16H22N2OS. The third-order valence-electron chi connectivity index (χ3n) is 3.47. The highest BCUT2D eigenvalue weighted by atomic mass is 32.2. The molecule has 0 aliphatic rings. The van der Waals surface area contributed by atoms with Gasteiger partial charge in [-0.1, -0.05) is 32.0 Å². The number of pyridine rings is 1. The van der Waals surface area contributed by atoms with E-state index in [0.717, 1.165) is 46.9 Å². The molecule has 0 unspecified atom stereocenters. The summed E-state index contributed by atoms with van der Waals surface area (Å²) in [5, 5.41) is 11.6. The molecule has 0 bridgehead atoms.